The van der Waals surface area contributed by atoms with Crippen LogP contribution in [0.4, 0.5) is 4.79 Å². The van der Waals surface area contributed by atoms with Crippen LogP contribution in [0, 0.1) is 6.92 Å². The van der Waals surface area contributed by atoms with Crippen molar-refractivity contribution >= 4 is 12.0 Å². The molecule has 0 aliphatic carbocycles. The van der Waals surface area contributed by atoms with E-state index < -0.39 is 29.4 Å². The maximum atomic E-state index is 12.8. The summed E-state index contributed by atoms with van der Waals surface area (Å²) in [7, 11) is 0. The van der Waals surface area contributed by atoms with Gasteiger partial charge >= 0.3 is 6.09 Å². The molecule has 1 heterocycles. The van der Waals surface area contributed by atoms with Crippen molar-refractivity contribution in [3.63, 3.8) is 0 Å². The normalized spacial score (nSPS) is 13.7. The Morgan fingerprint density at radius 3 is 2.30 bits per heavy atom. The summed E-state index contributed by atoms with van der Waals surface area (Å²) in [6, 6.07) is 10.6. The number of carbonyl (C=O) groups excluding carboxylic acids is 2. The van der Waals surface area contributed by atoms with E-state index in [0.29, 0.717) is 17.7 Å². The number of aliphatic hydroxyl groups is 1. The summed E-state index contributed by atoms with van der Waals surface area (Å²) in [6.07, 6.45) is 0.497. The number of nitrogens with one attached hydrogen (secondary N) is 2. The molecular weight excluding hydrogens is 418 g/mol. The number of amides is 2. The van der Waals surface area contributed by atoms with E-state index in [2.05, 4.69) is 15.6 Å². The average molecular weight is 456 g/mol. The van der Waals surface area contributed by atoms with E-state index >= 15 is 0 Å². The van der Waals surface area contributed by atoms with Crippen LogP contribution in [0.1, 0.15) is 68.7 Å². The highest BCUT2D eigenvalue weighted by Crippen LogP contribution is 2.17. The summed E-state index contributed by atoms with van der Waals surface area (Å²) in [5, 5.41) is 16.9. The minimum absolute atomic E-state index is 0.0973. The Balaban J connectivity index is 2.27. The highest BCUT2D eigenvalue weighted by atomic mass is 16.6. The number of hydrogen-bond acceptors (Lipinski definition) is 5. The lowest BCUT2D eigenvalue weighted by molar-refractivity contribution is 0.0420. The third-order valence-corrected chi connectivity index (χ3v) is 4.89. The molecule has 0 spiro atoms. The standard InChI is InChI=1S/C26H37N3O4/c1-17-11-8-9-12-18(17)15-21(28-24(32)33-26(5,6)7)22(30)16-20-19(13-10-14-27-20)23(31)29-25(2,3)4/h8-14,21-22,30H,15-16H2,1-7H3,(H,28,32)(H,29,31)/t21-,22+/m1/s1. The van der Waals surface area contributed by atoms with Crippen LogP contribution in [0.5, 0.6) is 0 Å². The van der Waals surface area contributed by atoms with E-state index in [1.807, 2.05) is 52.0 Å². The Labute approximate surface area is 197 Å². The molecule has 180 valence electrons. The monoisotopic (exact) mass is 455 g/mol. The lowest BCUT2D eigenvalue weighted by Gasteiger charge is -2.28. The second-order valence-electron chi connectivity index (χ2n) is 10.4. The Morgan fingerprint density at radius 1 is 1.03 bits per heavy atom. The molecule has 0 bridgehead atoms. The molecule has 0 aliphatic rings. The minimum atomic E-state index is -0.992. The molecule has 7 nitrogen and oxygen atoms in total. The van der Waals surface area contributed by atoms with Gasteiger partial charge in [0.15, 0.2) is 0 Å². The van der Waals surface area contributed by atoms with Gasteiger partial charge in [-0.15, -0.1) is 0 Å². The van der Waals surface area contributed by atoms with Gasteiger partial charge in [0.05, 0.1) is 23.4 Å². The van der Waals surface area contributed by atoms with Crippen LogP contribution in [0.3, 0.4) is 0 Å². The van der Waals surface area contributed by atoms with Gasteiger partial charge in [0.2, 0.25) is 0 Å². The summed E-state index contributed by atoms with van der Waals surface area (Å²) in [5.74, 6) is -0.256. The fourth-order valence-electron chi connectivity index (χ4n) is 3.37. The number of ether oxygens (including phenoxy) is 1. The Kier molecular flexibility index (Phi) is 8.61. The molecule has 2 rings (SSSR count). The SMILES string of the molecule is Cc1ccccc1C[C@@H](NC(=O)OC(C)(C)C)[C@@H](O)Cc1ncccc1C(=O)NC(C)(C)C. The van der Waals surface area contributed by atoms with E-state index in [1.165, 1.54) is 0 Å². The van der Waals surface area contributed by atoms with Crippen molar-refractivity contribution in [2.45, 2.75) is 84.6 Å². The summed E-state index contributed by atoms with van der Waals surface area (Å²) in [6.45, 7) is 13.0. The Bertz CT molecular complexity index is 960. The first-order valence-electron chi connectivity index (χ1n) is 11.2. The number of aliphatic hydroxyl groups excluding tert-OH is 1. The van der Waals surface area contributed by atoms with Gasteiger partial charge in [0.25, 0.3) is 5.91 Å². The number of pyridine rings is 1. The maximum absolute atomic E-state index is 12.8. The molecule has 7 heteroatoms. The van der Waals surface area contributed by atoms with Gasteiger partial charge in [0.1, 0.15) is 5.60 Å². The number of rotatable bonds is 7. The van der Waals surface area contributed by atoms with Crippen LogP contribution in [0.25, 0.3) is 0 Å². The molecule has 1 aromatic carbocycles. The molecule has 0 unspecified atom stereocenters. The number of alkyl carbamates (subject to hydrolysis) is 1. The van der Waals surface area contributed by atoms with E-state index in [0.717, 1.165) is 11.1 Å². The maximum Gasteiger partial charge on any atom is 0.407 e. The third kappa shape index (κ3) is 8.85. The van der Waals surface area contributed by atoms with Gasteiger partial charge in [-0.2, -0.15) is 0 Å². The van der Waals surface area contributed by atoms with Gasteiger partial charge in [-0.05, 0) is 78.1 Å². The van der Waals surface area contributed by atoms with E-state index in [-0.39, 0.29) is 12.3 Å². The van der Waals surface area contributed by atoms with Crippen LogP contribution in [0.15, 0.2) is 42.6 Å². The smallest absolute Gasteiger partial charge is 0.407 e. The molecule has 0 aliphatic heterocycles. The van der Waals surface area contributed by atoms with Crippen LogP contribution in [-0.2, 0) is 17.6 Å². The quantitative estimate of drug-likeness (QED) is 0.587. The topological polar surface area (TPSA) is 101 Å². The largest absolute Gasteiger partial charge is 0.444 e. The molecule has 0 radical (unpaired) electrons. The highest BCUT2D eigenvalue weighted by molar-refractivity contribution is 5.95. The molecule has 0 fully saturated rings. The second kappa shape index (κ2) is 10.8. The molecule has 0 saturated carbocycles. The van der Waals surface area contributed by atoms with Crippen LogP contribution in [-0.4, -0.2) is 45.4 Å². The first-order chi connectivity index (χ1) is 15.2. The minimum Gasteiger partial charge on any atom is -0.444 e. The molecular formula is C26H37N3O4. The van der Waals surface area contributed by atoms with Gasteiger partial charge in [-0.25, -0.2) is 4.79 Å². The third-order valence-electron chi connectivity index (χ3n) is 4.89. The number of nitrogens with zero attached hydrogens (tertiary/aromatic N) is 1. The Hall–Kier alpha value is -2.93. The lowest BCUT2D eigenvalue weighted by atomic mass is 9.94. The summed E-state index contributed by atoms with van der Waals surface area (Å²) < 4.78 is 5.41. The Morgan fingerprint density at radius 2 is 1.70 bits per heavy atom. The van der Waals surface area contributed by atoms with Crippen molar-refractivity contribution in [3.05, 3.63) is 65.0 Å². The molecule has 1 aromatic heterocycles. The van der Waals surface area contributed by atoms with E-state index in [4.69, 9.17) is 4.74 Å². The first kappa shape index (κ1) is 26.3. The number of aromatic nitrogens is 1. The van der Waals surface area contributed by atoms with Crippen molar-refractivity contribution < 1.29 is 19.4 Å². The van der Waals surface area contributed by atoms with Crippen LogP contribution in [0.2, 0.25) is 0 Å². The van der Waals surface area contributed by atoms with Gasteiger partial charge in [0, 0.05) is 18.2 Å². The molecule has 33 heavy (non-hydrogen) atoms. The van der Waals surface area contributed by atoms with Gasteiger partial charge in [-0.1, -0.05) is 24.3 Å². The van der Waals surface area contributed by atoms with Crippen LogP contribution >= 0.6 is 0 Å². The highest BCUT2D eigenvalue weighted by Gasteiger charge is 2.28. The van der Waals surface area contributed by atoms with Crippen molar-refractivity contribution in [1.82, 2.24) is 15.6 Å². The zero-order valence-corrected chi connectivity index (χ0v) is 20.7. The number of aryl methyl sites for hydroxylation is 1. The fourth-order valence-corrected chi connectivity index (χ4v) is 3.37. The van der Waals surface area contributed by atoms with E-state index in [9.17, 15) is 14.7 Å². The summed E-state index contributed by atoms with van der Waals surface area (Å²) in [4.78, 5) is 29.6. The van der Waals surface area contributed by atoms with Gasteiger partial charge in [-0.3, -0.25) is 9.78 Å². The molecule has 2 aromatic rings. The zero-order chi connectivity index (χ0) is 24.8. The predicted octanol–water partition coefficient (Wildman–Crippen LogP) is 3.96. The molecule has 3 N–H and O–H groups in total. The number of hydrogen-bond donors (Lipinski definition) is 3. The fraction of sp³-hybridized carbons (Fsp3) is 0.500. The zero-order valence-electron chi connectivity index (χ0n) is 20.7. The molecule has 2 atom stereocenters. The van der Waals surface area contributed by atoms with Crippen molar-refractivity contribution in [2.75, 3.05) is 0 Å². The van der Waals surface area contributed by atoms with Gasteiger partial charge < -0.3 is 20.5 Å². The second-order valence-corrected chi connectivity index (χ2v) is 10.4. The number of carbonyl (C=O) groups is 2. The van der Waals surface area contributed by atoms with Crippen molar-refractivity contribution in [3.8, 4) is 0 Å². The van der Waals surface area contributed by atoms with E-state index in [1.54, 1.807) is 39.1 Å². The molecule has 2 amide bonds. The van der Waals surface area contributed by atoms with Crippen LogP contribution < -0.4 is 10.6 Å². The summed E-state index contributed by atoms with van der Waals surface area (Å²) >= 11 is 0. The lowest BCUT2D eigenvalue weighted by Crippen LogP contribution is -2.48. The summed E-state index contributed by atoms with van der Waals surface area (Å²) in [5.41, 5.74) is 1.86. The average Bonchev–Trinajstić information content (AvgIpc) is 2.66. The van der Waals surface area contributed by atoms with Crippen molar-refractivity contribution in [2.24, 2.45) is 0 Å². The molecule has 0 saturated heterocycles. The van der Waals surface area contributed by atoms with Crippen molar-refractivity contribution in [1.29, 1.82) is 0 Å². The predicted molar refractivity (Wildman–Crippen MR) is 129 cm³/mol. The first-order valence-corrected chi connectivity index (χ1v) is 11.2. The number of benzene rings is 1.